The average molecular weight is 252 g/mol. The lowest BCUT2D eigenvalue weighted by molar-refractivity contribution is 0.0634. The summed E-state index contributed by atoms with van der Waals surface area (Å²) in [6.45, 7) is 3.02. The van der Waals surface area contributed by atoms with Crippen molar-refractivity contribution in [1.82, 2.24) is 9.80 Å². The number of likely N-dealkylation sites (N-methyl/N-ethyl adjacent to an activating group) is 2. The molecule has 3 nitrogen and oxygen atoms in total. The highest BCUT2D eigenvalue weighted by atomic mass is 19.1. The number of aliphatic hydroxyl groups is 1. The third kappa shape index (κ3) is 3.28. The zero-order valence-electron chi connectivity index (χ0n) is 11.0. The number of piperazine rings is 1. The summed E-state index contributed by atoms with van der Waals surface area (Å²) in [5.41, 5.74) is 0.664. The number of nitrogens with zero attached hydrogens (tertiary/aromatic N) is 2. The van der Waals surface area contributed by atoms with Gasteiger partial charge in [0.2, 0.25) is 0 Å². The summed E-state index contributed by atoms with van der Waals surface area (Å²) < 4.78 is 13.1. The molecule has 0 amide bonds. The minimum absolute atomic E-state index is 0.291. The number of hydrogen-bond acceptors (Lipinski definition) is 3. The zero-order chi connectivity index (χ0) is 13.1. The third-order valence-electron chi connectivity index (χ3n) is 3.71. The van der Waals surface area contributed by atoms with Crippen molar-refractivity contribution in [3.8, 4) is 0 Å². The number of rotatable bonds is 3. The van der Waals surface area contributed by atoms with Gasteiger partial charge in [0.25, 0.3) is 0 Å². The van der Waals surface area contributed by atoms with Gasteiger partial charge in [-0.15, -0.1) is 0 Å². The molecule has 1 heterocycles. The zero-order valence-corrected chi connectivity index (χ0v) is 11.0. The van der Waals surface area contributed by atoms with Gasteiger partial charge in [-0.05, 0) is 38.2 Å². The minimum atomic E-state index is -0.598. The lowest BCUT2D eigenvalue weighted by atomic mass is 9.99. The normalized spacial score (nSPS) is 24.1. The van der Waals surface area contributed by atoms with E-state index < -0.39 is 6.10 Å². The molecule has 2 rings (SSSR count). The molecule has 0 radical (unpaired) electrons. The van der Waals surface area contributed by atoms with Crippen LogP contribution in [0.2, 0.25) is 0 Å². The molecule has 4 heteroatoms. The lowest BCUT2D eigenvalue weighted by Gasteiger charge is -2.38. The number of hydrogen-bond donors (Lipinski definition) is 1. The quantitative estimate of drug-likeness (QED) is 0.883. The van der Waals surface area contributed by atoms with Crippen LogP contribution < -0.4 is 0 Å². The Morgan fingerprint density at radius 2 is 2.17 bits per heavy atom. The summed E-state index contributed by atoms with van der Waals surface area (Å²) in [6, 6.07) is 6.56. The van der Waals surface area contributed by atoms with Gasteiger partial charge in [0.05, 0.1) is 6.10 Å². The van der Waals surface area contributed by atoms with Crippen molar-refractivity contribution in [2.75, 3.05) is 33.7 Å². The van der Waals surface area contributed by atoms with Crippen LogP contribution in [-0.2, 0) is 0 Å². The van der Waals surface area contributed by atoms with Gasteiger partial charge in [-0.25, -0.2) is 4.39 Å². The first-order chi connectivity index (χ1) is 8.56. The van der Waals surface area contributed by atoms with Gasteiger partial charge in [0.1, 0.15) is 5.82 Å². The average Bonchev–Trinajstić information content (AvgIpc) is 2.34. The second-order valence-electron chi connectivity index (χ2n) is 5.20. The molecule has 1 aliphatic rings. The standard InChI is InChI=1S/C14H21FN2O/c1-16-6-7-17(2)13(10-16)9-14(18)11-4-3-5-12(15)8-11/h3-5,8,13-14,18H,6-7,9-10H2,1-2H3. The molecule has 1 aliphatic heterocycles. The molecule has 1 aromatic rings. The Morgan fingerprint density at radius 3 is 2.89 bits per heavy atom. The summed E-state index contributed by atoms with van der Waals surface area (Å²) in [6.07, 6.45) is 0.0456. The summed E-state index contributed by atoms with van der Waals surface area (Å²) in [5, 5.41) is 10.2. The number of halogens is 1. The number of aliphatic hydroxyl groups excluding tert-OH is 1. The highest BCUT2D eigenvalue weighted by Crippen LogP contribution is 2.22. The van der Waals surface area contributed by atoms with Crippen LogP contribution in [0.15, 0.2) is 24.3 Å². The predicted molar refractivity (Wildman–Crippen MR) is 69.9 cm³/mol. The third-order valence-corrected chi connectivity index (χ3v) is 3.71. The molecule has 1 fully saturated rings. The molecular formula is C14H21FN2O. The fourth-order valence-electron chi connectivity index (χ4n) is 2.46. The Kier molecular flexibility index (Phi) is 4.32. The predicted octanol–water partition coefficient (Wildman–Crippen LogP) is 1.49. The molecule has 1 saturated heterocycles. The molecule has 0 bridgehead atoms. The van der Waals surface area contributed by atoms with Crippen LogP contribution in [-0.4, -0.2) is 54.7 Å². The van der Waals surface area contributed by atoms with Crippen LogP contribution in [0.3, 0.4) is 0 Å². The number of benzene rings is 1. The van der Waals surface area contributed by atoms with Crippen LogP contribution in [0.4, 0.5) is 4.39 Å². The van der Waals surface area contributed by atoms with Crippen LogP contribution in [0.25, 0.3) is 0 Å². The van der Waals surface area contributed by atoms with Gasteiger partial charge < -0.3 is 14.9 Å². The van der Waals surface area contributed by atoms with Crippen LogP contribution in [0.5, 0.6) is 0 Å². The van der Waals surface area contributed by atoms with E-state index in [4.69, 9.17) is 0 Å². The molecule has 0 spiro atoms. The van der Waals surface area contributed by atoms with E-state index in [2.05, 4.69) is 23.9 Å². The Labute approximate surface area is 108 Å². The van der Waals surface area contributed by atoms with E-state index in [0.29, 0.717) is 18.0 Å². The molecule has 100 valence electrons. The van der Waals surface area contributed by atoms with Gasteiger partial charge in [-0.3, -0.25) is 0 Å². The van der Waals surface area contributed by atoms with Crippen molar-refractivity contribution in [2.24, 2.45) is 0 Å². The molecule has 0 aromatic heterocycles. The summed E-state index contributed by atoms with van der Waals surface area (Å²) in [5.74, 6) is -0.291. The van der Waals surface area contributed by atoms with Gasteiger partial charge in [0, 0.05) is 25.7 Å². The molecule has 0 saturated carbocycles. The second kappa shape index (κ2) is 5.78. The monoisotopic (exact) mass is 252 g/mol. The molecular weight excluding hydrogens is 231 g/mol. The van der Waals surface area contributed by atoms with Crippen molar-refractivity contribution in [3.63, 3.8) is 0 Å². The van der Waals surface area contributed by atoms with Gasteiger partial charge in [-0.2, -0.15) is 0 Å². The van der Waals surface area contributed by atoms with Gasteiger partial charge >= 0.3 is 0 Å². The van der Waals surface area contributed by atoms with E-state index in [9.17, 15) is 9.50 Å². The lowest BCUT2D eigenvalue weighted by Crippen LogP contribution is -2.50. The molecule has 2 atom stereocenters. The topological polar surface area (TPSA) is 26.7 Å². The maximum absolute atomic E-state index is 13.1. The van der Waals surface area contributed by atoms with E-state index in [1.54, 1.807) is 12.1 Å². The first-order valence-electron chi connectivity index (χ1n) is 6.38. The van der Waals surface area contributed by atoms with Gasteiger partial charge in [-0.1, -0.05) is 12.1 Å². The van der Waals surface area contributed by atoms with Crippen molar-refractivity contribution >= 4 is 0 Å². The van der Waals surface area contributed by atoms with E-state index in [-0.39, 0.29) is 5.82 Å². The van der Waals surface area contributed by atoms with E-state index in [1.165, 1.54) is 12.1 Å². The fraction of sp³-hybridized carbons (Fsp3) is 0.571. The maximum Gasteiger partial charge on any atom is 0.123 e. The Bertz CT molecular complexity index is 399. The van der Waals surface area contributed by atoms with Crippen molar-refractivity contribution in [2.45, 2.75) is 18.6 Å². The Morgan fingerprint density at radius 1 is 1.39 bits per heavy atom. The van der Waals surface area contributed by atoms with Crippen LogP contribution in [0.1, 0.15) is 18.1 Å². The summed E-state index contributed by atoms with van der Waals surface area (Å²) >= 11 is 0. The Hall–Kier alpha value is -0.970. The van der Waals surface area contributed by atoms with E-state index in [1.807, 2.05) is 0 Å². The molecule has 1 aromatic carbocycles. The molecule has 18 heavy (non-hydrogen) atoms. The smallest absolute Gasteiger partial charge is 0.123 e. The first-order valence-corrected chi connectivity index (χ1v) is 6.38. The van der Waals surface area contributed by atoms with Crippen LogP contribution in [0, 0.1) is 5.82 Å². The molecule has 1 N–H and O–H groups in total. The van der Waals surface area contributed by atoms with Crippen molar-refractivity contribution in [3.05, 3.63) is 35.6 Å². The highest BCUT2D eigenvalue weighted by Gasteiger charge is 2.25. The Balaban J connectivity index is 2.00. The van der Waals surface area contributed by atoms with Crippen LogP contribution >= 0.6 is 0 Å². The summed E-state index contributed by atoms with van der Waals surface area (Å²) in [7, 11) is 4.17. The van der Waals surface area contributed by atoms with E-state index >= 15 is 0 Å². The van der Waals surface area contributed by atoms with Gasteiger partial charge in [0.15, 0.2) is 0 Å². The van der Waals surface area contributed by atoms with Crippen molar-refractivity contribution in [1.29, 1.82) is 0 Å². The molecule has 2 unspecified atom stereocenters. The highest BCUT2D eigenvalue weighted by molar-refractivity contribution is 5.19. The maximum atomic E-state index is 13.1. The second-order valence-corrected chi connectivity index (χ2v) is 5.20. The fourth-order valence-corrected chi connectivity index (χ4v) is 2.46. The first kappa shape index (κ1) is 13.5. The largest absolute Gasteiger partial charge is 0.388 e. The van der Waals surface area contributed by atoms with Crippen molar-refractivity contribution < 1.29 is 9.50 Å². The van der Waals surface area contributed by atoms with E-state index in [0.717, 1.165) is 19.6 Å². The SMILES string of the molecule is CN1CCN(C)C(CC(O)c2cccc(F)c2)C1. The molecule has 0 aliphatic carbocycles. The minimum Gasteiger partial charge on any atom is -0.388 e. The summed E-state index contributed by atoms with van der Waals surface area (Å²) in [4.78, 5) is 4.53.